The number of likely N-dealkylation sites (N-methyl/N-ethyl adjacent to an activating group) is 1. The van der Waals surface area contributed by atoms with Crippen LogP contribution in [0.5, 0.6) is 23.0 Å². The summed E-state index contributed by atoms with van der Waals surface area (Å²) in [6, 6.07) is 29.9. The first-order valence-corrected chi connectivity index (χ1v) is 15.9. The van der Waals surface area contributed by atoms with E-state index in [4.69, 9.17) is 18.9 Å². The average molecular weight is 633 g/mol. The van der Waals surface area contributed by atoms with Gasteiger partial charge in [-0.15, -0.1) is 12.4 Å². The molecule has 0 radical (unpaired) electrons. The first-order chi connectivity index (χ1) is 21.0. The number of methoxy groups -OCH3 is 2. The number of anilines is 2. The van der Waals surface area contributed by atoms with Gasteiger partial charge in [0.15, 0.2) is 0 Å². The lowest BCUT2D eigenvalue weighted by Gasteiger charge is -2.37. The van der Waals surface area contributed by atoms with Crippen molar-refractivity contribution in [2.24, 2.45) is 0 Å². The largest absolute Gasteiger partial charge is 0.497 e. The van der Waals surface area contributed by atoms with Gasteiger partial charge < -0.3 is 23.8 Å². The Hall–Kier alpha value is -3.52. The number of rotatable bonds is 7. The highest BCUT2D eigenvalue weighted by molar-refractivity contribution is 7.99. The van der Waals surface area contributed by atoms with Gasteiger partial charge in [-0.2, -0.15) is 0 Å². The number of fused-ring (bicyclic) bond motifs is 7. The van der Waals surface area contributed by atoms with Gasteiger partial charge in [-0.1, -0.05) is 55.9 Å². The Bertz CT molecular complexity index is 1530. The zero-order chi connectivity index (χ0) is 29.9. The third kappa shape index (κ3) is 6.19. The van der Waals surface area contributed by atoms with Gasteiger partial charge in [0.2, 0.25) is 0 Å². The summed E-state index contributed by atoms with van der Waals surface area (Å²) in [5, 5.41) is 0. The van der Waals surface area contributed by atoms with Gasteiger partial charge in [0.05, 0.1) is 38.1 Å². The van der Waals surface area contributed by atoms with Crippen LogP contribution in [0.3, 0.4) is 0 Å². The maximum Gasteiger partial charge on any atom is 0.138 e. The maximum atomic E-state index is 6.15. The molecule has 3 aliphatic heterocycles. The minimum absolute atomic E-state index is 0. The second-order valence-corrected chi connectivity index (χ2v) is 12.1. The minimum Gasteiger partial charge on any atom is -0.497 e. The Morgan fingerprint density at radius 1 is 0.818 bits per heavy atom. The summed E-state index contributed by atoms with van der Waals surface area (Å²) in [6.07, 6.45) is 0.00163. The van der Waals surface area contributed by atoms with Crippen LogP contribution in [0.25, 0.3) is 0 Å². The van der Waals surface area contributed by atoms with E-state index in [0.29, 0.717) is 12.6 Å². The zero-order valence-corrected chi connectivity index (χ0v) is 27.6. The smallest absolute Gasteiger partial charge is 0.138 e. The third-order valence-electron chi connectivity index (χ3n) is 8.60. The summed E-state index contributed by atoms with van der Waals surface area (Å²) in [5.74, 6) is 3.56. The van der Waals surface area contributed by atoms with Gasteiger partial charge in [-0.3, -0.25) is 4.90 Å². The number of ether oxygens (including phenoxy) is 4. The molecule has 0 N–H and O–H groups in total. The van der Waals surface area contributed by atoms with E-state index >= 15 is 0 Å². The zero-order valence-electron chi connectivity index (χ0n) is 26.0. The molecule has 3 atom stereocenters. The Morgan fingerprint density at radius 2 is 1.39 bits per heavy atom. The van der Waals surface area contributed by atoms with Crippen LogP contribution in [-0.2, 0) is 0 Å². The van der Waals surface area contributed by atoms with Gasteiger partial charge in [-0.25, -0.2) is 0 Å². The van der Waals surface area contributed by atoms with Crippen LogP contribution in [0, 0.1) is 0 Å². The fourth-order valence-electron chi connectivity index (χ4n) is 6.28. The molecule has 4 aromatic rings. The van der Waals surface area contributed by atoms with Gasteiger partial charge in [0.1, 0.15) is 29.1 Å². The molecule has 0 amide bonds. The van der Waals surface area contributed by atoms with Gasteiger partial charge in [0.25, 0.3) is 0 Å². The fraction of sp³-hybridized carbons (Fsp3) is 0.333. The number of hydrogen-bond donors (Lipinski definition) is 0. The van der Waals surface area contributed by atoms with Crippen LogP contribution < -0.4 is 23.8 Å². The molecule has 0 spiro atoms. The summed E-state index contributed by atoms with van der Waals surface area (Å²) < 4.78 is 22.6. The van der Waals surface area contributed by atoms with Crippen molar-refractivity contribution in [1.29, 1.82) is 0 Å². The number of para-hydroxylation sites is 2. The van der Waals surface area contributed by atoms with E-state index in [1.165, 1.54) is 26.7 Å². The molecule has 4 aromatic carbocycles. The first-order valence-electron chi connectivity index (χ1n) is 15.1. The second-order valence-electron chi connectivity index (χ2n) is 11.0. The quantitative estimate of drug-likeness (QED) is 0.202. The van der Waals surface area contributed by atoms with Crippen LogP contribution >= 0.6 is 24.2 Å². The maximum absolute atomic E-state index is 6.15. The van der Waals surface area contributed by atoms with Gasteiger partial charge in [-0.05, 0) is 62.5 Å². The van der Waals surface area contributed by atoms with E-state index < -0.39 is 0 Å². The van der Waals surface area contributed by atoms with Crippen molar-refractivity contribution in [3.05, 3.63) is 96.1 Å². The molecule has 0 bridgehead atoms. The van der Waals surface area contributed by atoms with E-state index in [-0.39, 0.29) is 24.4 Å². The number of hydrogen-bond acceptors (Lipinski definition) is 7. The van der Waals surface area contributed by atoms with Crippen molar-refractivity contribution in [3.63, 3.8) is 0 Å². The molecule has 0 saturated carbocycles. The predicted octanol–water partition coefficient (Wildman–Crippen LogP) is 8.75. The molecule has 0 saturated heterocycles. The second kappa shape index (κ2) is 14.1. The van der Waals surface area contributed by atoms with Crippen molar-refractivity contribution >= 4 is 35.5 Å². The van der Waals surface area contributed by atoms with Crippen LogP contribution in [0.2, 0.25) is 0 Å². The topological polar surface area (TPSA) is 43.4 Å². The lowest BCUT2D eigenvalue weighted by molar-refractivity contribution is 0.139. The summed E-state index contributed by atoms with van der Waals surface area (Å²) in [7, 11) is 3.32. The monoisotopic (exact) mass is 632 g/mol. The highest BCUT2D eigenvalue weighted by atomic mass is 35.5. The number of halogens is 1. The third-order valence-corrected chi connectivity index (χ3v) is 9.73. The molecule has 44 heavy (non-hydrogen) atoms. The summed E-state index contributed by atoms with van der Waals surface area (Å²) in [5.41, 5.74) is 4.93. The van der Waals surface area contributed by atoms with E-state index in [9.17, 15) is 0 Å². The fourth-order valence-corrected chi connectivity index (χ4v) is 7.37. The van der Waals surface area contributed by atoms with E-state index in [1.54, 1.807) is 14.2 Å². The standard InChI is InChI=1S/C19H24N2S.C17H16O4.ClH/c1-4-20(5-2)15(3)14-21-16-10-6-8-12-18(16)22-19-13-9-7-11-17(19)21;1-18-10-4-6-13-15(7-10)20-9-14-12-5-3-11(19-2)8-16(12)21-17(13)14;/h6-13,15H,4-5,14H2,1-3H3;3-8,14,17H,9H2,1-2H3;1H. The van der Waals surface area contributed by atoms with Crippen LogP contribution in [-0.4, -0.2) is 51.4 Å². The molecule has 232 valence electrons. The van der Waals surface area contributed by atoms with E-state index in [1.807, 2.05) is 42.1 Å². The molecular weight excluding hydrogens is 592 g/mol. The minimum atomic E-state index is 0. The van der Waals surface area contributed by atoms with Crippen molar-refractivity contribution < 1.29 is 18.9 Å². The molecule has 0 aromatic heterocycles. The average Bonchev–Trinajstić information content (AvgIpc) is 3.43. The molecule has 6 nitrogen and oxygen atoms in total. The SMILES string of the molecule is CCN(CC)C(C)CN1c2ccccc2Sc2ccccc21.COc1ccc2c(c1)OC1c3ccc(OC)cc3OCC21.Cl. The van der Waals surface area contributed by atoms with Crippen LogP contribution in [0.15, 0.2) is 94.7 Å². The molecule has 8 heteroatoms. The van der Waals surface area contributed by atoms with Crippen molar-refractivity contribution in [3.8, 4) is 23.0 Å². The van der Waals surface area contributed by atoms with Crippen LogP contribution in [0.4, 0.5) is 11.4 Å². The van der Waals surface area contributed by atoms with Crippen molar-refractivity contribution in [2.75, 3.05) is 45.4 Å². The first kappa shape index (κ1) is 31.9. The number of benzene rings is 4. The molecular formula is C36H41ClN2O4S. The Labute approximate surface area is 271 Å². The summed E-state index contributed by atoms with van der Waals surface area (Å²) >= 11 is 1.88. The molecule has 0 fully saturated rings. The number of nitrogens with zero attached hydrogens (tertiary/aromatic N) is 2. The molecule has 3 unspecified atom stereocenters. The highest BCUT2D eigenvalue weighted by Crippen LogP contribution is 2.52. The van der Waals surface area contributed by atoms with Crippen molar-refractivity contribution in [2.45, 2.75) is 48.6 Å². The van der Waals surface area contributed by atoms with Crippen molar-refractivity contribution in [1.82, 2.24) is 4.90 Å². The Kier molecular flexibility index (Phi) is 10.2. The highest BCUT2D eigenvalue weighted by Gasteiger charge is 2.41. The summed E-state index contributed by atoms with van der Waals surface area (Å²) in [6.45, 7) is 10.7. The Balaban J connectivity index is 0.000000171. The molecule has 0 aliphatic carbocycles. The Morgan fingerprint density at radius 3 is 1.98 bits per heavy atom. The van der Waals surface area contributed by atoms with Gasteiger partial charge >= 0.3 is 0 Å². The van der Waals surface area contributed by atoms with E-state index in [0.717, 1.165) is 48.2 Å². The lowest BCUT2D eigenvalue weighted by atomic mass is 9.89. The van der Waals surface area contributed by atoms with Gasteiger partial charge in [0, 0.05) is 45.6 Å². The van der Waals surface area contributed by atoms with E-state index in [2.05, 4.69) is 85.2 Å². The molecule has 3 heterocycles. The normalized spacial score (nSPS) is 17.5. The predicted molar refractivity (Wildman–Crippen MR) is 181 cm³/mol. The summed E-state index contributed by atoms with van der Waals surface area (Å²) in [4.78, 5) is 7.72. The molecule has 7 rings (SSSR count). The molecule has 3 aliphatic rings. The van der Waals surface area contributed by atoms with Crippen LogP contribution in [0.1, 0.15) is 43.9 Å². The lowest BCUT2D eigenvalue weighted by Crippen LogP contribution is -2.41.